The van der Waals surface area contributed by atoms with E-state index >= 15 is 0 Å². The van der Waals surface area contributed by atoms with E-state index in [1.165, 1.54) is 44.8 Å². The summed E-state index contributed by atoms with van der Waals surface area (Å²) in [5, 5.41) is 7.89. The Morgan fingerprint density at radius 1 is 1.20 bits per heavy atom. The Kier molecular flexibility index (Phi) is 6.50. The van der Waals surface area contributed by atoms with Gasteiger partial charge in [0.15, 0.2) is 0 Å². The van der Waals surface area contributed by atoms with E-state index < -0.39 is 0 Å². The third kappa shape index (κ3) is 4.89. The molecule has 1 N–H and O–H groups in total. The molecule has 0 aromatic carbocycles. The molecule has 1 saturated heterocycles. The molecule has 0 aliphatic carbocycles. The predicted octanol–water partition coefficient (Wildman–Crippen LogP) is 1.02. The molecular formula is C15H29N5. The van der Waals surface area contributed by atoms with Gasteiger partial charge in [0, 0.05) is 45.5 Å². The zero-order chi connectivity index (χ0) is 14.2. The molecule has 2 heterocycles. The van der Waals surface area contributed by atoms with Gasteiger partial charge in [0.1, 0.15) is 0 Å². The second-order valence-electron chi connectivity index (χ2n) is 5.72. The summed E-state index contributed by atoms with van der Waals surface area (Å²) in [6.07, 6.45) is 4.26. The molecule has 20 heavy (non-hydrogen) atoms. The first-order chi connectivity index (χ1) is 9.79. The molecule has 0 amide bonds. The summed E-state index contributed by atoms with van der Waals surface area (Å²) in [6.45, 7) is 11.3. The van der Waals surface area contributed by atoms with E-state index in [9.17, 15) is 0 Å². The standard InChI is InChI=1S/C15H29N5/c1-3-8-20-15(5-7-17-20)14-16-6-4-9-19-12-10-18(2)11-13-19/h5,7,16H,3-4,6,8-14H2,1-2H3. The monoisotopic (exact) mass is 279 g/mol. The maximum Gasteiger partial charge on any atom is 0.0522 e. The number of nitrogens with one attached hydrogen (secondary N) is 1. The van der Waals surface area contributed by atoms with Crippen LogP contribution in [-0.4, -0.2) is 65.9 Å². The first kappa shape index (κ1) is 15.5. The molecule has 1 aromatic rings. The number of hydrogen-bond donors (Lipinski definition) is 1. The number of aryl methyl sites for hydroxylation is 1. The molecule has 0 unspecified atom stereocenters. The van der Waals surface area contributed by atoms with Crippen LogP contribution in [-0.2, 0) is 13.1 Å². The molecule has 1 aliphatic heterocycles. The van der Waals surface area contributed by atoms with Crippen molar-refractivity contribution in [2.75, 3.05) is 46.3 Å². The molecule has 5 nitrogen and oxygen atoms in total. The van der Waals surface area contributed by atoms with Crippen LogP contribution in [0.1, 0.15) is 25.5 Å². The highest BCUT2D eigenvalue weighted by Gasteiger charge is 2.12. The van der Waals surface area contributed by atoms with E-state index in [0.717, 1.165) is 26.1 Å². The fraction of sp³-hybridized carbons (Fsp3) is 0.800. The average molecular weight is 279 g/mol. The second-order valence-corrected chi connectivity index (χ2v) is 5.72. The lowest BCUT2D eigenvalue weighted by atomic mass is 10.3. The fourth-order valence-corrected chi connectivity index (χ4v) is 2.64. The van der Waals surface area contributed by atoms with Crippen molar-refractivity contribution in [1.29, 1.82) is 0 Å². The number of hydrogen-bond acceptors (Lipinski definition) is 4. The largest absolute Gasteiger partial charge is 0.311 e. The van der Waals surface area contributed by atoms with Crippen LogP contribution >= 0.6 is 0 Å². The Labute approximate surface area is 122 Å². The summed E-state index contributed by atoms with van der Waals surface area (Å²) in [7, 11) is 2.21. The Morgan fingerprint density at radius 3 is 2.75 bits per heavy atom. The van der Waals surface area contributed by atoms with Crippen molar-refractivity contribution in [3.8, 4) is 0 Å². The van der Waals surface area contributed by atoms with Gasteiger partial charge in [-0.1, -0.05) is 6.92 Å². The van der Waals surface area contributed by atoms with Gasteiger partial charge in [-0.15, -0.1) is 0 Å². The normalized spacial score (nSPS) is 17.7. The lowest BCUT2D eigenvalue weighted by molar-refractivity contribution is 0.152. The molecule has 5 heteroatoms. The van der Waals surface area contributed by atoms with Gasteiger partial charge in [0.05, 0.1) is 5.69 Å². The van der Waals surface area contributed by atoms with Gasteiger partial charge in [-0.2, -0.15) is 5.10 Å². The van der Waals surface area contributed by atoms with Crippen molar-refractivity contribution in [3.63, 3.8) is 0 Å². The lowest BCUT2D eigenvalue weighted by Gasteiger charge is -2.32. The van der Waals surface area contributed by atoms with Crippen LogP contribution in [0.4, 0.5) is 0 Å². The summed E-state index contributed by atoms with van der Waals surface area (Å²) in [6, 6.07) is 2.11. The number of piperazine rings is 1. The van der Waals surface area contributed by atoms with E-state index in [0.29, 0.717) is 0 Å². The summed E-state index contributed by atoms with van der Waals surface area (Å²) >= 11 is 0. The van der Waals surface area contributed by atoms with Crippen LogP contribution < -0.4 is 5.32 Å². The summed E-state index contributed by atoms with van der Waals surface area (Å²) in [4.78, 5) is 4.98. The predicted molar refractivity (Wildman–Crippen MR) is 82.8 cm³/mol. The SMILES string of the molecule is CCCn1nccc1CNCCCN1CCN(C)CC1. The zero-order valence-corrected chi connectivity index (χ0v) is 13.0. The number of rotatable bonds is 8. The Hall–Kier alpha value is -0.910. The minimum Gasteiger partial charge on any atom is -0.311 e. The van der Waals surface area contributed by atoms with Crippen LogP contribution in [0.3, 0.4) is 0 Å². The van der Waals surface area contributed by atoms with Crippen molar-refractivity contribution in [3.05, 3.63) is 18.0 Å². The summed E-state index contributed by atoms with van der Waals surface area (Å²) in [5.41, 5.74) is 1.30. The van der Waals surface area contributed by atoms with E-state index in [1.807, 2.05) is 6.20 Å². The molecule has 0 spiro atoms. The van der Waals surface area contributed by atoms with Crippen molar-refractivity contribution in [1.82, 2.24) is 24.9 Å². The van der Waals surface area contributed by atoms with Gasteiger partial charge in [-0.05, 0) is 39.0 Å². The highest BCUT2D eigenvalue weighted by Crippen LogP contribution is 2.01. The summed E-state index contributed by atoms with van der Waals surface area (Å²) in [5.74, 6) is 0. The third-order valence-corrected chi connectivity index (χ3v) is 3.97. The first-order valence-corrected chi connectivity index (χ1v) is 7.92. The van der Waals surface area contributed by atoms with Crippen molar-refractivity contribution in [2.24, 2.45) is 0 Å². The van der Waals surface area contributed by atoms with Crippen LogP contribution in [0.2, 0.25) is 0 Å². The van der Waals surface area contributed by atoms with Crippen LogP contribution in [0.25, 0.3) is 0 Å². The van der Waals surface area contributed by atoms with Gasteiger partial charge in [0.25, 0.3) is 0 Å². The van der Waals surface area contributed by atoms with Gasteiger partial charge < -0.3 is 15.1 Å². The van der Waals surface area contributed by atoms with Gasteiger partial charge >= 0.3 is 0 Å². The minimum atomic E-state index is 0.933. The van der Waals surface area contributed by atoms with Gasteiger partial charge in [-0.3, -0.25) is 4.68 Å². The Balaban J connectivity index is 1.56. The smallest absolute Gasteiger partial charge is 0.0522 e. The summed E-state index contributed by atoms with van der Waals surface area (Å²) < 4.78 is 2.10. The van der Waals surface area contributed by atoms with Crippen molar-refractivity contribution < 1.29 is 0 Å². The molecule has 1 fully saturated rings. The molecule has 0 bridgehead atoms. The van der Waals surface area contributed by atoms with Gasteiger partial charge in [-0.25, -0.2) is 0 Å². The van der Waals surface area contributed by atoms with Crippen LogP contribution in [0.15, 0.2) is 12.3 Å². The molecule has 1 aromatic heterocycles. The number of aromatic nitrogens is 2. The Morgan fingerprint density at radius 2 is 2.00 bits per heavy atom. The minimum absolute atomic E-state index is 0.933. The zero-order valence-electron chi connectivity index (χ0n) is 13.0. The Bertz CT molecular complexity index is 368. The quantitative estimate of drug-likeness (QED) is 0.721. The second kappa shape index (κ2) is 8.39. The topological polar surface area (TPSA) is 36.3 Å². The van der Waals surface area contributed by atoms with Crippen LogP contribution in [0.5, 0.6) is 0 Å². The third-order valence-electron chi connectivity index (χ3n) is 3.97. The fourth-order valence-electron chi connectivity index (χ4n) is 2.64. The van der Waals surface area contributed by atoms with E-state index in [4.69, 9.17) is 0 Å². The highest BCUT2D eigenvalue weighted by atomic mass is 15.3. The highest BCUT2D eigenvalue weighted by molar-refractivity contribution is 4.99. The molecule has 0 radical (unpaired) electrons. The van der Waals surface area contributed by atoms with E-state index in [1.54, 1.807) is 0 Å². The van der Waals surface area contributed by atoms with E-state index in [2.05, 4.69) is 44.9 Å². The molecule has 2 rings (SSSR count). The maximum atomic E-state index is 4.35. The molecular weight excluding hydrogens is 250 g/mol. The first-order valence-electron chi connectivity index (χ1n) is 7.92. The van der Waals surface area contributed by atoms with Crippen molar-refractivity contribution >= 4 is 0 Å². The molecule has 114 valence electrons. The molecule has 0 atom stereocenters. The van der Waals surface area contributed by atoms with Crippen LogP contribution in [0, 0.1) is 0 Å². The number of likely N-dealkylation sites (N-methyl/N-ethyl adjacent to an activating group) is 1. The molecule has 1 aliphatic rings. The average Bonchev–Trinajstić information content (AvgIpc) is 2.88. The van der Waals surface area contributed by atoms with Crippen molar-refractivity contribution in [2.45, 2.75) is 32.9 Å². The maximum absolute atomic E-state index is 4.35. The lowest BCUT2D eigenvalue weighted by Crippen LogP contribution is -2.45. The number of nitrogens with zero attached hydrogens (tertiary/aromatic N) is 4. The van der Waals surface area contributed by atoms with Gasteiger partial charge in [0.2, 0.25) is 0 Å². The molecule has 0 saturated carbocycles. The van der Waals surface area contributed by atoms with E-state index in [-0.39, 0.29) is 0 Å².